The molecule has 0 bridgehead atoms. The van der Waals surface area contributed by atoms with Gasteiger partial charge < -0.3 is 4.57 Å². The largest absolute Gasteiger partial charge is 0.316 e. The van der Waals surface area contributed by atoms with Gasteiger partial charge >= 0.3 is 0 Å². The van der Waals surface area contributed by atoms with Crippen LogP contribution in [0.25, 0.3) is 0 Å². The summed E-state index contributed by atoms with van der Waals surface area (Å²) in [5.41, 5.74) is 1.44. The van der Waals surface area contributed by atoms with Crippen molar-refractivity contribution in [2.45, 2.75) is 26.8 Å². The zero-order chi connectivity index (χ0) is 15.4. The molecule has 2 aromatic rings. The van der Waals surface area contributed by atoms with E-state index >= 15 is 0 Å². The summed E-state index contributed by atoms with van der Waals surface area (Å²) in [4.78, 5) is 27.0. The van der Waals surface area contributed by atoms with E-state index in [9.17, 15) is 14.9 Å². The number of nitro groups is 1. The molecule has 0 aliphatic carbocycles. The molecule has 0 fully saturated rings. The van der Waals surface area contributed by atoms with Crippen LogP contribution < -0.4 is 4.80 Å². The van der Waals surface area contributed by atoms with E-state index < -0.39 is 4.92 Å². The minimum atomic E-state index is -0.429. The minimum Gasteiger partial charge on any atom is -0.316 e. The van der Waals surface area contributed by atoms with Crippen molar-refractivity contribution < 1.29 is 9.72 Å². The van der Waals surface area contributed by atoms with Crippen molar-refractivity contribution in [3.05, 3.63) is 50.3 Å². The van der Waals surface area contributed by atoms with E-state index in [1.165, 1.54) is 23.5 Å². The number of ketones is 1. The van der Waals surface area contributed by atoms with Crippen LogP contribution in [0, 0.1) is 17.0 Å². The molecular weight excluding hydrogens is 290 g/mol. The molecule has 0 aliphatic rings. The molecule has 0 N–H and O–H groups in total. The zero-order valence-electron chi connectivity index (χ0n) is 11.8. The first-order valence-corrected chi connectivity index (χ1v) is 7.34. The van der Waals surface area contributed by atoms with E-state index in [-0.39, 0.29) is 11.5 Å². The number of benzene rings is 1. The highest BCUT2D eigenvalue weighted by Gasteiger charge is 2.08. The Hall–Kier alpha value is -2.28. The number of nitro benzene ring substituents is 1. The van der Waals surface area contributed by atoms with Crippen LogP contribution in [-0.4, -0.2) is 15.3 Å². The van der Waals surface area contributed by atoms with Crippen molar-refractivity contribution in [1.29, 1.82) is 0 Å². The minimum absolute atomic E-state index is 0.0478. The maximum Gasteiger partial charge on any atom is 0.269 e. The Kier molecular flexibility index (Phi) is 4.64. The molecule has 1 aromatic heterocycles. The second-order valence-electron chi connectivity index (χ2n) is 4.55. The summed E-state index contributed by atoms with van der Waals surface area (Å²) in [6.45, 7) is 3.90. The van der Waals surface area contributed by atoms with Crippen molar-refractivity contribution in [3.8, 4) is 0 Å². The van der Waals surface area contributed by atoms with Crippen LogP contribution >= 0.6 is 11.3 Å². The van der Waals surface area contributed by atoms with E-state index in [1.54, 1.807) is 17.6 Å². The molecule has 1 heterocycles. The highest BCUT2D eigenvalue weighted by atomic mass is 32.1. The summed E-state index contributed by atoms with van der Waals surface area (Å²) >= 11 is 1.43. The fourth-order valence-corrected chi connectivity index (χ4v) is 2.53. The van der Waals surface area contributed by atoms with Gasteiger partial charge in [-0.1, -0.05) is 6.92 Å². The Morgan fingerprint density at radius 1 is 1.48 bits per heavy atom. The van der Waals surface area contributed by atoms with Gasteiger partial charge in [-0.25, -0.2) is 4.99 Å². The van der Waals surface area contributed by atoms with E-state index in [0.29, 0.717) is 23.5 Å². The third kappa shape index (κ3) is 3.63. The van der Waals surface area contributed by atoms with Gasteiger partial charge in [0.2, 0.25) is 0 Å². The molecule has 0 saturated carbocycles. The Morgan fingerprint density at radius 3 is 2.86 bits per heavy atom. The van der Waals surface area contributed by atoms with E-state index in [0.717, 1.165) is 5.56 Å². The number of rotatable bonds is 5. The first-order valence-electron chi connectivity index (χ1n) is 6.46. The number of aryl methyl sites for hydroxylation is 1. The second kappa shape index (κ2) is 6.45. The maximum atomic E-state index is 11.5. The van der Waals surface area contributed by atoms with E-state index in [4.69, 9.17) is 0 Å². The topological polar surface area (TPSA) is 77.5 Å². The van der Waals surface area contributed by atoms with Gasteiger partial charge in [0.25, 0.3) is 5.69 Å². The summed E-state index contributed by atoms with van der Waals surface area (Å²) in [6.07, 6.45) is 2.30. The third-order valence-corrected chi connectivity index (χ3v) is 3.80. The quantitative estimate of drug-likeness (QED) is 0.629. The molecule has 0 unspecified atom stereocenters. The average molecular weight is 305 g/mol. The van der Waals surface area contributed by atoms with Gasteiger partial charge in [0.05, 0.1) is 17.2 Å². The molecule has 0 saturated heterocycles. The van der Waals surface area contributed by atoms with Gasteiger partial charge in [0.1, 0.15) is 0 Å². The summed E-state index contributed by atoms with van der Waals surface area (Å²) in [5, 5.41) is 12.6. The summed E-state index contributed by atoms with van der Waals surface area (Å²) in [6, 6.07) is 4.55. The van der Waals surface area contributed by atoms with E-state index in [2.05, 4.69) is 4.99 Å². The van der Waals surface area contributed by atoms with Crippen LogP contribution in [0.3, 0.4) is 0 Å². The second-order valence-corrected chi connectivity index (χ2v) is 5.42. The number of hydrogen-bond acceptors (Lipinski definition) is 5. The van der Waals surface area contributed by atoms with E-state index in [1.807, 2.05) is 18.5 Å². The number of Topliss-reactive ketones (excluding diaryl/α,β-unsaturated/α-hetero) is 1. The molecule has 1 aromatic carbocycles. The predicted octanol–water partition coefficient (Wildman–Crippen LogP) is 2.98. The molecular formula is C14H15N3O3S. The van der Waals surface area contributed by atoms with Gasteiger partial charge in [-0.2, -0.15) is 0 Å². The number of thiazole rings is 1. The fraction of sp³-hybridized carbons (Fsp3) is 0.286. The van der Waals surface area contributed by atoms with Gasteiger partial charge in [0, 0.05) is 30.1 Å². The lowest BCUT2D eigenvalue weighted by atomic mass is 10.2. The molecule has 0 spiro atoms. The molecule has 21 heavy (non-hydrogen) atoms. The van der Waals surface area contributed by atoms with Crippen molar-refractivity contribution >= 4 is 28.5 Å². The molecule has 7 heteroatoms. The molecule has 0 radical (unpaired) electrons. The first kappa shape index (κ1) is 15.1. The van der Waals surface area contributed by atoms with Gasteiger partial charge in [0.15, 0.2) is 10.6 Å². The van der Waals surface area contributed by atoms with Gasteiger partial charge in [-0.15, -0.1) is 11.3 Å². The number of carbonyl (C=O) groups is 1. The van der Waals surface area contributed by atoms with Crippen LogP contribution in [-0.2, 0) is 11.3 Å². The van der Waals surface area contributed by atoms with Crippen molar-refractivity contribution in [1.82, 2.24) is 4.57 Å². The van der Waals surface area contributed by atoms with Crippen LogP contribution in [0.4, 0.5) is 11.4 Å². The average Bonchev–Trinajstić information content (AvgIpc) is 2.87. The third-order valence-electron chi connectivity index (χ3n) is 3.01. The lowest BCUT2D eigenvalue weighted by Gasteiger charge is -2.02. The van der Waals surface area contributed by atoms with Crippen LogP contribution in [0.1, 0.15) is 18.9 Å². The summed E-state index contributed by atoms with van der Waals surface area (Å²) in [7, 11) is 0. The number of nitrogens with zero attached hydrogens (tertiary/aromatic N) is 3. The smallest absolute Gasteiger partial charge is 0.269 e. The van der Waals surface area contributed by atoms with Crippen LogP contribution in [0.5, 0.6) is 0 Å². The Morgan fingerprint density at radius 2 is 2.24 bits per heavy atom. The maximum absolute atomic E-state index is 11.5. The molecule has 0 atom stereocenters. The molecule has 6 nitrogen and oxygen atoms in total. The standard InChI is InChI=1S/C14H15N3O3S/c1-3-12(18)9-16-6-7-21-14(16)15-13-5-4-11(17(19)20)8-10(13)2/h4-8H,3,9H2,1-2H3. The Balaban J connectivity index is 2.38. The van der Waals surface area contributed by atoms with Crippen molar-refractivity contribution in [2.24, 2.45) is 4.99 Å². The molecule has 110 valence electrons. The number of hydrogen-bond donors (Lipinski definition) is 0. The normalized spacial score (nSPS) is 11.6. The molecule has 2 rings (SSSR count). The summed E-state index contributed by atoms with van der Waals surface area (Å²) in [5.74, 6) is 0.135. The van der Waals surface area contributed by atoms with Gasteiger partial charge in [-0.3, -0.25) is 14.9 Å². The molecule has 0 amide bonds. The predicted molar refractivity (Wildman–Crippen MR) is 80.7 cm³/mol. The zero-order valence-corrected chi connectivity index (χ0v) is 12.6. The highest BCUT2D eigenvalue weighted by Crippen LogP contribution is 2.23. The lowest BCUT2D eigenvalue weighted by Crippen LogP contribution is -2.18. The number of non-ortho nitro benzene ring substituents is 1. The van der Waals surface area contributed by atoms with Crippen molar-refractivity contribution in [2.75, 3.05) is 0 Å². The fourth-order valence-electron chi connectivity index (χ4n) is 1.79. The van der Waals surface area contributed by atoms with Crippen LogP contribution in [0.2, 0.25) is 0 Å². The summed E-state index contributed by atoms with van der Waals surface area (Å²) < 4.78 is 1.79. The van der Waals surface area contributed by atoms with Gasteiger partial charge in [-0.05, 0) is 18.6 Å². The Labute approximate surface area is 125 Å². The van der Waals surface area contributed by atoms with Crippen molar-refractivity contribution in [3.63, 3.8) is 0 Å². The highest BCUT2D eigenvalue weighted by molar-refractivity contribution is 7.07. The Bertz CT molecular complexity index is 746. The lowest BCUT2D eigenvalue weighted by molar-refractivity contribution is -0.384. The van der Waals surface area contributed by atoms with Crippen LogP contribution in [0.15, 0.2) is 34.8 Å². The SMILES string of the molecule is CCC(=O)Cn1ccsc1=Nc1ccc([N+](=O)[O-])cc1C. The number of carbonyl (C=O) groups excluding carboxylic acids is 1. The first-order chi connectivity index (χ1) is 10.0. The number of aromatic nitrogens is 1. The molecule has 0 aliphatic heterocycles. The monoisotopic (exact) mass is 305 g/mol.